The minimum absolute atomic E-state index is 0.106. The predicted octanol–water partition coefficient (Wildman–Crippen LogP) is 19.6. The van der Waals surface area contributed by atoms with Gasteiger partial charge in [0.25, 0.3) is 0 Å². The van der Waals surface area contributed by atoms with Gasteiger partial charge in [0, 0.05) is 25.7 Å². The molecule has 0 radical (unpaired) electrons. The molecule has 0 aromatic heterocycles. The molecule has 0 bridgehead atoms. The lowest BCUT2D eigenvalue weighted by Gasteiger charge is -2.21. The van der Waals surface area contributed by atoms with E-state index in [4.69, 9.17) is 37.0 Å². The highest BCUT2D eigenvalue weighted by Crippen LogP contribution is 2.45. The molecule has 0 saturated heterocycles. The van der Waals surface area contributed by atoms with E-state index in [2.05, 4.69) is 41.5 Å². The van der Waals surface area contributed by atoms with Gasteiger partial charge in [-0.1, -0.05) is 298 Å². The Morgan fingerprint density at radius 1 is 0.307 bits per heavy atom. The number of aliphatic hydroxyl groups is 1. The highest BCUT2D eigenvalue weighted by molar-refractivity contribution is 7.47. The molecule has 2 unspecified atom stereocenters. The molecular formula is C69H134O17P2. The van der Waals surface area contributed by atoms with Gasteiger partial charge in [0.05, 0.1) is 26.4 Å². The Morgan fingerprint density at radius 2 is 0.523 bits per heavy atom. The SMILES string of the molecule is CCCCCCCCCCCCCCC(=O)O[C@H](COC(=O)CCCCCCCCCCCC)COP(=O)(O)OC[C@H](O)COP(=O)(O)OC[C@@H](COC(=O)CCCCCCCCCCCCC(C)C)OC(=O)CCCCCCCCCCCCC(C)C. The number of ether oxygens (including phenoxy) is 4. The summed E-state index contributed by atoms with van der Waals surface area (Å²) in [4.78, 5) is 72.5. The maximum Gasteiger partial charge on any atom is 0.472 e. The first kappa shape index (κ1) is 86.1. The first-order valence-electron chi connectivity index (χ1n) is 36.0. The lowest BCUT2D eigenvalue weighted by Crippen LogP contribution is -2.30. The van der Waals surface area contributed by atoms with Crippen LogP contribution in [0.1, 0.15) is 350 Å². The summed E-state index contributed by atoms with van der Waals surface area (Å²) in [6.45, 7) is 9.52. The second-order valence-corrected chi connectivity index (χ2v) is 28.8. The van der Waals surface area contributed by atoms with Crippen LogP contribution in [0.2, 0.25) is 0 Å². The van der Waals surface area contributed by atoms with Crippen molar-refractivity contribution < 1.29 is 80.2 Å². The number of hydrogen-bond acceptors (Lipinski definition) is 15. The van der Waals surface area contributed by atoms with Crippen LogP contribution in [0.3, 0.4) is 0 Å². The zero-order valence-electron chi connectivity index (χ0n) is 57.0. The molecule has 19 heteroatoms. The number of hydrogen-bond donors (Lipinski definition) is 3. The molecule has 0 saturated carbocycles. The number of phosphoric ester groups is 2. The van der Waals surface area contributed by atoms with Crippen molar-refractivity contribution in [3.63, 3.8) is 0 Å². The minimum Gasteiger partial charge on any atom is -0.462 e. The molecule has 0 rings (SSSR count). The Kier molecular flexibility index (Phi) is 59.9. The average Bonchev–Trinajstić information content (AvgIpc) is 3.70. The van der Waals surface area contributed by atoms with Crippen molar-refractivity contribution >= 4 is 39.5 Å². The number of aliphatic hydroxyl groups excluding tert-OH is 1. The van der Waals surface area contributed by atoms with Gasteiger partial charge in [-0.05, 0) is 37.5 Å². The monoisotopic (exact) mass is 1300 g/mol. The molecule has 0 aliphatic rings. The van der Waals surface area contributed by atoms with E-state index in [1.54, 1.807) is 0 Å². The van der Waals surface area contributed by atoms with Gasteiger partial charge in [0.15, 0.2) is 12.2 Å². The summed E-state index contributed by atoms with van der Waals surface area (Å²) in [7, 11) is -9.90. The molecule has 0 amide bonds. The van der Waals surface area contributed by atoms with Crippen LogP contribution < -0.4 is 0 Å². The standard InChI is InChI=1S/C69H134O17P2/c1-7-9-11-13-15-17-19-20-29-35-41-47-53-68(73)85-64(57-79-66(71)51-45-39-33-27-18-16-14-12-10-8-2)59-83-87(75,76)81-55-63(70)56-82-88(77,78)84-60-65(86-69(74)54-48-42-36-30-24-22-26-32-38-44-50-62(5)6)58-80-67(72)52-46-40-34-28-23-21-25-31-37-43-49-61(3)4/h61-65,70H,7-60H2,1-6H3,(H,75,76)(H,77,78)/t63-,64+,65+/m0/s1. The van der Waals surface area contributed by atoms with Gasteiger partial charge in [0.2, 0.25) is 0 Å². The Hall–Kier alpha value is -1.94. The number of carbonyl (C=O) groups excluding carboxylic acids is 4. The van der Waals surface area contributed by atoms with Crippen molar-refractivity contribution in [3.8, 4) is 0 Å². The summed E-state index contributed by atoms with van der Waals surface area (Å²) in [5, 5.41) is 10.6. The van der Waals surface area contributed by atoms with E-state index in [1.807, 2.05) is 0 Å². The topological polar surface area (TPSA) is 237 Å². The van der Waals surface area contributed by atoms with E-state index in [0.29, 0.717) is 25.7 Å². The smallest absolute Gasteiger partial charge is 0.462 e. The van der Waals surface area contributed by atoms with Crippen LogP contribution in [0, 0.1) is 11.8 Å². The molecule has 0 aromatic carbocycles. The van der Waals surface area contributed by atoms with Crippen LogP contribution >= 0.6 is 15.6 Å². The summed E-state index contributed by atoms with van der Waals surface area (Å²) in [5.74, 6) is -0.614. The van der Waals surface area contributed by atoms with Crippen LogP contribution in [-0.4, -0.2) is 96.7 Å². The summed E-state index contributed by atoms with van der Waals surface area (Å²) >= 11 is 0. The number of phosphoric acid groups is 2. The third-order valence-corrected chi connectivity index (χ3v) is 17.9. The maximum atomic E-state index is 13.0. The average molecular weight is 1300 g/mol. The van der Waals surface area contributed by atoms with Gasteiger partial charge in [-0.15, -0.1) is 0 Å². The summed E-state index contributed by atoms with van der Waals surface area (Å²) in [5.41, 5.74) is 0. The quantitative estimate of drug-likeness (QED) is 0.0222. The summed E-state index contributed by atoms with van der Waals surface area (Å²) in [6, 6.07) is 0. The summed E-state index contributed by atoms with van der Waals surface area (Å²) < 4.78 is 68.2. The molecule has 522 valence electrons. The first-order valence-corrected chi connectivity index (χ1v) is 39.0. The maximum absolute atomic E-state index is 13.0. The lowest BCUT2D eigenvalue weighted by atomic mass is 10.0. The van der Waals surface area contributed by atoms with Gasteiger partial charge in [-0.2, -0.15) is 0 Å². The Balaban J connectivity index is 5.25. The van der Waals surface area contributed by atoms with Crippen molar-refractivity contribution in [1.29, 1.82) is 0 Å². The normalized spacial score (nSPS) is 14.2. The third kappa shape index (κ3) is 62.8. The lowest BCUT2D eigenvalue weighted by molar-refractivity contribution is -0.161. The molecule has 3 N–H and O–H groups in total. The van der Waals surface area contributed by atoms with E-state index >= 15 is 0 Å². The summed E-state index contributed by atoms with van der Waals surface area (Å²) in [6.07, 6.45) is 45.6. The van der Waals surface area contributed by atoms with E-state index in [-0.39, 0.29) is 25.7 Å². The molecule has 0 fully saturated rings. The van der Waals surface area contributed by atoms with Crippen molar-refractivity contribution in [2.24, 2.45) is 11.8 Å². The number of rotatable bonds is 68. The number of carbonyl (C=O) groups is 4. The number of esters is 4. The molecule has 0 heterocycles. The fourth-order valence-electron chi connectivity index (χ4n) is 10.4. The molecule has 0 aromatic rings. The molecule has 0 aliphatic heterocycles. The van der Waals surface area contributed by atoms with Crippen molar-refractivity contribution in [2.75, 3.05) is 39.6 Å². The molecule has 17 nitrogen and oxygen atoms in total. The highest BCUT2D eigenvalue weighted by atomic mass is 31.2. The van der Waals surface area contributed by atoms with E-state index in [1.165, 1.54) is 167 Å². The predicted molar refractivity (Wildman–Crippen MR) is 354 cm³/mol. The van der Waals surface area contributed by atoms with E-state index in [0.717, 1.165) is 102 Å². The largest absolute Gasteiger partial charge is 0.472 e. The third-order valence-electron chi connectivity index (χ3n) is 16.0. The zero-order valence-corrected chi connectivity index (χ0v) is 58.8. The van der Waals surface area contributed by atoms with E-state index < -0.39 is 97.5 Å². The second-order valence-electron chi connectivity index (χ2n) is 25.9. The zero-order chi connectivity index (χ0) is 65.0. The Labute approximate surface area is 537 Å². The van der Waals surface area contributed by atoms with Crippen LogP contribution in [0.25, 0.3) is 0 Å². The van der Waals surface area contributed by atoms with Crippen LogP contribution in [0.4, 0.5) is 0 Å². The van der Waals surface area contributed by atoms with Crippen molar-refractivity contribution in [1.82, 2.24) is 0 Å². The van der Waals surface area contributed by atoms with Gasteiger partial charge >= 0.3 is 39.5 Å². The Morgan fingerprint density at radius 3 is 0.773 bits per heavy atom. The minimum atomic E-state index is -4.95. The highest BCUT2D eigenvalue weighted by Gasteiger charge is 2.30. The van der Waals surface area contributed by atoms with Crippen LogP contribution in [-0.2, 0) is 65.4 Å². The first-order chi connectivity index (χ1) is 42.4. The van der Waals surface area contributed by atoms with Gasteiger partial charge in [0.1, 0.15) is 19.3 Å². The van der Waals surface area contributed by atoms with E-state index in [9.17, 15) is 43.2 Å². The molecular weight excluding hydrogens is 1160 g/mol. The van der Waals surface area contributed by atoms with Crippen LogP contribution in [0.5, 0.6) is 0 Å². The fourth-order valence-corrected chi connectivity index (χ4v) is 12.0. The molecule has 5 atom stereocenters. The molecule has 0 aliphatic carbocycles. The molecule has 88 heavy (non-hydrogen) atoms. The van der Waals surface area contributed by atoms with Crippen molar-refractivity contribution in [3.05, 3.63) is 0 Å². The van der Waals surface area contributed by atoms with Gasteiger partial charge in [-0.3, -0.25) is 37.3 Å². The fraction of sp³-hybridized carbons (Fsp3) is 0.942. The van der Waals surface area contributed by atoms with Crippen LogP contribution in [0.15, 0.2) is 0 Å². The van der Waals surface area contributed by atoms with Gasteiger partial charge in [-0.25, -0.2) is 9.13 Å². The second kappa shape index (κ2) is 61.3. The Bertz CT molecular complexity index is 1720. The molecule has 0 spiro atoms. The number of unbranched alkanes of at least 4 members (excludes halogenated alkanes) is 38. The van der Waals surface area contributed by atoms with Crippen molar-refractivity contribution in [2.45, 2.75) is 368 Å². The van der Waals surface area contributed by atoms with Gasteiger partial charge < -0.3 is 33.8 Å².